The largest absolute Gasteiger partial charge is 0.354 e. The summed E-state index contributed by atoms with van der Waals surface area (Å²) in [5.41, 5.74) is 1.90. The first-order chi connectivity index (χ1) is 13.8. The van der Waals surface area contributed by atoms with Crippen LogP contribution in [0.4, 0.5) is 0 Å². The number of hydrogen-bond acceptors (Lipinski definition) is 2. The summed E-state index contributed by atoms with van der Waals surface area (Å²) in [6.07, 6.45) is 0.827. The van der Waals surface area contributed by atoms with Gasteiger partial charge < -0.3 is 10.2 Å². The Morgan fingerprint density at radius 1 is 1.10 bits per heavy atom. The van der Waals surface area contributed by atoms with Crippen molar-refractivity contribution < 1.29 is 9.59 Å². The van der Waals surface area contributed by atoms with Crippen LogP contribution in [0.5, 0.6) is 0 Å². The van der Waals surface area contributed by atoms with Crippen molar-refractivity contribution in [2.24, 2.45) is 5.92 Å². The highest BCUT2D eigenvalue weighted by Gasteiger charge is 2.26. The van der Waals surface area contributed by atoms with E-state index in [1.807, 2.05) is 62.4 Å². The Labute approximate surface area is 186 Å². The van der Waals surface area contributed by atoms with Crippen LogP contribution in [-0.2, 0) is 22.6 Å². The second-order valence-corrected chi connectivity index (χ2v) is 8.88. The van der Waals surface area contributed by atoms with E-state index in [1.165, 1.54) is 0 Å². The van der Waals surface area contributed by atoms with Crippen molar-refractivity contribution in [3.63, 3.8) is 0 Å². The lowest BCUT2D eigenvalue weighted by Crippen LogP contribution is -2.48. The van der Waals surface area contributed by atoms with Crippen molar-refractivity contribution in [3.05, 3.63) is 69.2 Å². The Morgan fingerprint density at radius 2 is 1.83 bits per heavy atom. The van der Waals surface area contributed by atoms with Gasteiger partial charge >= 0.3 is 0 Å². The fourth-order valence-corrected chi connectivity index (χ4v) is 3.63. The third-order valence-electron chi connectivity index (χ3n) is 4.66. The van der Waals surface area contributed by atoms with E-state index in [2.05, 4.69) is 21.2 Å². The van der Waals surface area contributed by atoms with Crippen molar-refractivity contribution >= 4 is 39.3 Å². The van der Waals surface area contributed by atoms with Gasteiger partial charge in [-0.05, 0) is 48.6 Å². The number of amides is 2. The molecule has 0 aliphatic heterocycles. The van der Waals surface area contributed by atoms with Gasteiger partial charge in [0.2, 0.25) is 11.8 Å². The van der Waals surface area contributed by atoms with E-state index < -0.39 is 6.04 Å². The molecule has 0 bridgehead atoms. The van der Waals surface area contributed by atoms with Crippen LogP contribution in [0.3, 0.4) is 0 Å². The highest BCUT2D eigenvalue weighted by molar-refractivity contribution is 9.10. The molecule has 0 fully saturated rings. The van der Waals surface area contributed by atoms with Gasteiger partial charge in [-0.1, -0.05) is 71.7 Å². The highest BCUT2D eigenvalue weighted by atomic mass is 79.9. The lowest BCUT2D eigenvalue weighted by Gasteiger charge is -2.29. The molecular formula is C23H28BrClN2O2. The maximum absolute atomic E-state index is 13.1. The maximum Gasteiger partial charge on any atom is 0.242 e. The summed E-state index contributed by atoms with van der Waals surface area (Å²) in [4.78, 5) is 27.4. The van der Waals surface area contributed by atoms with Gasteiger partial charge in [-0.25, -0.2) is 0 Å². The minimum Gasteiger partial charge on any atom is -0.354 e. The van der Waals surface area contributed by atoms with Crippen molar-refractivity contribution in [2.75, 3.05) is 6.54 Å². The first-order valence-electron chi connectivity index (χ1n) is 9.83. The number of halogens is 2. The van der Waals surface area contributed by atoms with Crippen molar-refractivity contribution in [2.45, 2.75) is 46.2 Å². The molecule has 2 aromatic carbocycles. The summed E-state index contributed by atoms with van der Waals surface area (Å²) in [5, 5.41) is 3.59. The Kier molecular flexibility index (Phi) is 9.18. The van der Waals surface area contributed by atoms with E-state index in [4.69, 9.17) is 11.6 Å². The molecule has 6 heteroatoms. The molecule has 0 aliphatic carbocycles. The van der Waals surface area contributed by atoms with Crippen LogP contribution in [-0.4, -0.2) is 29.3 Å². The molecule has 0 heterocycles. The smallest absolute Gasteiger partial charge is 0.242 e. The average molecular weight is 480 g/mol. The molecule has 2 amide bonds. The predicted molar refractivity (Wildman–Crippen MR) is 122 cm³/mol. The number of hydrogen-bond donors (Lipinski definition) is 1. The Hall–Kier alpha value is -1.85. The van der Waals surface area contributed by atoms with Crippen LogP contribution in [0, 0.1) is 5.92 Å². The molecule has 2 rings (SSSR count). The number of benzene rings is 2. The van der Waals surface area contributed by atoms with E-state index in [1.54, 1.807) is 11.8 Å². The maximum atomic E-state index is 13.1. The normalized spacial score (nSPS) is 11.9. The predicted octanol–water partition coefficient (Wildman–Crippen LogP) is 5.22. The fourth-order valence-electron chi connectivity index (χ4n) is 2.95. The molecule has 0 radical (unpaired) electrons. The molecule has 4 nitrogen and oxygen atoms in total. The zero-order valence-electron chi connectivity index (χ0n) is 17.1. The molecule has 0 unspecified atom stereocenters. The van der Waals surface area contributed by atoms with Gasteiger partial charge in [0.25, 0.3) is 0 Å². The molecule has 1 N–H and O–H groups in total. The first kappa shape index (κ1) is 23.4. The third-order valence-corrected chi connectivity index (χ3v) is 5.52. The number of nitrogens with one attached hydrogen (secondary N) is 1. The summed E-state index contributed by atoms with van der Waals surface area (Å²) < 4.78 is 0.940. The topological polar surface area (TPSA) is 49.4 Å². The standard InChI is InChI=1S/C23H28BrClN2O2/c1-16(2)14-26-23(29)17(3)27(15-18-7-6-9-20(24)13-18)22(28)12-11-19-8-4-5-10-21(19)25/h4-10,13,16-17H,11-12,14-15H2,1-3H3,(H,26,29)/t17-/m1/s1. The monoisotopic (exact) mass is 478 g/mol. The molecule has 0 spiro atoms. The zero-order chi connectivity index (χ0) is 21.4. The second kappa shape index (κ2) is 11.4. The van der Waals surface area contributed by atoms with E-state index in [-0.39, 0.29) is 11.8 Å². The second-order valence-electron chi connectivity index (χ2n) is 7.56. The molecule has 156 valence electrons. The zero-order valence-corrected chi connectivity index (χ0v) is 19.5. The van der Waals surface area contributed by atoms with Crippen molar-refractivity contribution in [3.8, 4) is 0 Å². The number of carbonyl (C=O) groups excluding carboxylic acids is 2. The van der Waals surface area contributed by atoms with Gasteiger partial charge in [0.05, 0.1) is 0 Å². The molecule has 0 saturated carbocycles. The summed E-state index contributed by atoms with van der Waals surface area (Å²) in [6, 6.07) is 14.7. The van der Waals surface area contributed by atoms with Crippen molar-refractivity contribution in [1.29, 1.82) is 0 Å². The SMILES string of the molecule is CC(C)CNC(=O)[C@@H](C)N(Cc1cccc(Br)c1)C(=O)CCc1ccccc1Cl. The molecule has 0 saturated heterocycles. The number of carbonyl (C=O) groups is 2. The summed E-state index contributed by atoms with van der Waals surface area (Å²) >= 11 is 9.69. The van der Waals surface area contributed by atoms with Crippen LogP contribution in [0.15, 0.2) is 53.0 Å². The Morgan fingerprint density at radius 3 is 2.48 bits per heavy atom. The fraction of sp³-hybridized carbons (Fsp3) is 0.391. The molecule has 1 atom stereocenters. The Bertz CT molecular complexity index is 841. The molecule has 0 aliphatic rings. The van der Waals surface area contributed by atoms with Gasteiger partial charge in [-0.15, -0.1) is 0 Å². The number of nitrogens with zero attached hydrogens (tertiary/aromatic N) is 1. The van der Waals surface area contributed by atoms with E-state index in [9.17, 15) is 9.59 Å². The molecule has 0 aromatic heterocycles. The van der Waals surface area contributed by atoms with E-state index in [0.29, 0.717) is 36.9 Å². The highest BCUT2D eigenvalue weighted by Crippen LogP contribution is 2.19. The van der Waals surface area contributed by atoms with Crippen LogP contribution < -0.4 is 5.32 Å². The van der Waals surface area contributed by atoms with Gasteiger partial charge in [0.1, 0.15) is 6.04 Å². The average Bonchev–Trinajstić information content (AvgIpc) is 2.69. The van der Waals surface area contributed by atoms with E-state index >= 15 is 0 Å². The minimum absolute atomic E-state index is 0.0721. The summed E-state index contributed by atoms with van der Waals surface area (Å²) in [5.74, 6) is 0.137. The van der Waals surface area contributed by atoms with Crippen LogP contribution in [0.1, 0.15) is 38.3 Å². The van der Waals surface area contributed by atoms with E-state index in [0.717, 1.165) is 15.6 Å². The third kappa shape index (κ3) is 7.48. The number of rotatable bonds is 9. The van der Waals surface area contributed by atoms with Gasteiger partial charge in [0.15, 0.2) is 0 Å². The molecule has 29 heavy (non-hydrogen) atoms. The first-order valence-corrected chi connectivity index (χ1v) is 11.0. The minimum atomic E-state index is -0.563. The lowest BCUT2D eigenvalue weighted by atomic mass is 10.1. The molecular weight excluding hydrogens is 452 g/mol. The quantitative estimate of drug-likeness (QED) is 0.536. The van der Waals surface area contributed by atoms with Crippen molar-refractivity contribution in [1.82, 2.24) is 10.2 Å². The van der Waals surface area contributed by atoms with Gasteiger partial charge in [-0.3, -0.25) is 9.59 Å². The Balaban J connectivity index is 2.14. The summed E-state index contributed by atoms with van der Waals surface area (Å²) in [6.45, 7) is 6.82. The van der Waals surface area contributed by atoms with Gasteiger partial charge in [-0.2, -0.15) is 0 Å². The lowest BCUT2D eigenvalue weighted by molar-refractivity contribution is -0.140. The van der Waals surface area contributed by atoms with Crippen LogP contribution in [0.2, 0.25) is 5.02 Å². The summed E-state index contributed by atoms with van der Waals surface area (Å²) in [7, 11) is 0. The number of aryl methyl sites for hydroxylation is 1. The van der Waals surface area contributed by atoms with Crippen LogP contribution >= 0.6 is 27.5 Å². The van der Waals surface area contributed by atoms with Crippen LogP contribution in [0.25, 0.3) is 0 Å². The molecule has 2 aromatic rings. The van der Waals surface area contributed by atoms with Gasteiger partial charge in [0, 0.05) is 29.0 Å².